The number of anilines is 1. The number of nitrogens with one attached hydrogen (secondary N) is 1. The minimum absolute atomic E-state index is 0.00850. The number of halogens is 1. The number of carbonyl (C=O) groups excluding carboxylic acids is 1. The number of hydrogen-bond acceptors (Lipinski definition) is 4. The molecule has 1 aliphatic carbocycles. The van der Waals surface area contributed by atoms with Crippen molar-refractivity contribution in [3.05, 3.63) is 53.1 Å². The zero-order chi connectivity index (χ0) is 20.8. The van der Waals surface area contributed by atoms with Crippen LogP contribution in [0.5, 0.6) is 11.5 Å². The Morgan fingerprint density at radius 2 is 1.93 bits per heavy atom. The van der Waals surface area contributed by atoms with Crippen molar-refractivity contribution in [2.24, 2.45) is 5.92 Å². The molecule has 0 aliphatic heterocycles. The molecule has 5 nitrogen and oxygen atoms in total. The summed E-state index contributed by atoms with van der Waals surface area (Å²) in [4.78, 5) is 15.0. The van der Waals surface area contributed by atoms with Crippen LogP contribution in [-0.4, -0.2) is 44.2 Å². The fourth-order valence-electron chi connectivity index (χ4n) is 3.53. The first kappa shape index (κ1) is 21.5. The SMILES string of the molecule is CCN(CC)CCOc1cc(NC(=O)C2CC2c2ccccc2Cl)ccc1OC. The molecule has 1 saturated carbocycles. The Hall–Kier alpha value is -2.24. The van der Waals surface area contributed by atoms with E-state index in [0.29, 0.717) is 23.8 Å². The molecule has 0 aromatic heterocycles. The number of benzene rings is 2. The molecule has 1 N–H and O–H groups in total. The molecule has 156 valence electrons. The van der Waals surface area contributed by atoms with Gasteiger partial charge in [-0.1, -0.05) is 43.6 Å². The van der Waals surface area contributed by atoms with Crippen LogP contribution in [0.25, 0.3) is 0 Å². The summed E-state index contributed by atoms with van der Waals surface area (Å²) in [5, 5.41) is 3.73. The van der Waals surface area contributed by atoms with Gasteiger partial charge in [-0.3, -0.25) is 4.79 Å². The summed E-state index contributed by atoms with van der Waals surface area (Å²) in [5.74, 6) is 1.43. The number of ether oxygens (including phenoxy) is 2. The van der Waals surface area contributed by atoms with Gasteiger partial charge in [0.2, 0.25) is 5.91 Å². The number of amides is 1. The molecule has 2 aromatic rings. The maximum absolute atomic E-state index is 12.7. The summed E-state index contributed by atoms with van der Waals surface area (Å²) in [6.45, 7) is 7.64. The monoisotopic (exact) mass is 416 g/mol. The number of rotatable bonds is 10. The highest BCUT2D eigenvalue weighted by atomic mass is 35.5. The van der Waals surface area contributed by atoms with Gasteiger partial charge in [0, 0.05) is 29.2 Å². The number of nitrogens with zero attached hydrogens (tertiary/aromatic N) is 1. The van der Waals surface area contributed by atoms with Crippen LogP contribution in [0.15, 0.2) is 42.5 Å². The van der Waals surface area contributed by atoms with E-state index in [9.17, 15) is 4.79 Å². The van der Waals surface area contributed by atoms with Gasteiger partial charge < -0.3 is 19.7 Å². The van der Waals surface area contributed by atoms with Crippen LogP contribution in [0.2, 0.25) is 5.02 Å². The Labute approximate surface area is 177 Å². The average molecular weight is 417 g/mol. The second-order valence-corrected chi connectivity index (χ2v) is 7.61. The summed E-state index contributed by atoms with van der Waals surface area (Å²) in [5.41, 5.74) is 1.75. The molecule has 0 bridgehead atoms. The standard InChI is InChI=1S/C23H29ClN2O3/c1-4-26(5-2)12-13-29-22-14-16(10-11-21(22)28-3)25-23(27)19-15-18(19)17-8-6-7-9-20(17)24/h6-11,14,18-19H,4-5,12-13,15H2,1-3H3,(H,25,27). The van der Waals surface area contributed by atoms with E-state index in [4.69, 9.17) is 21.1 Å². The maximum atomic E-state index is 12.7. The summed E-state index contributed by atoms with van der Waals surface area (Å²) >= 11 is 6.27. The predicted molar refractivity (Wildman–Crippen MR) is 117 cm³/mol. The normalized spacial score (nSPS) is 17.8. The fraction of sp³-hybridized carbons (Fsp3) is 0.435. The summed E-state index contributed by atoms with van der Waals surface area (Å²) in [7, 11) is 1.61. The molecule has 1 fully saturated rings. The minimum Gasteiger partial charge on any atom is -0.493 e. The third-order valence-electron chi connectivity index (χ3n) is 5.42. The molecule has 6 heteroatoms. The highest BCUT2D eigenvalue weighted by molar-refractivity contribution is 6.31. The zero-order valence-corrected chi connectivity index (χ0v) is 18.0. The third-order valence-corrected chi connectivity index (χ3v) is 5.77. The molecule has 0 radical (unpaired) electrons. The molecule has 2 aromatic carbocycles. The van der Waals surface area contributed by atoms with Crippen molar-refractivity contribution in [3.8, 4) is 11.5 Å². The Balaban J connectivity index is 1.61. The van der Waals surface area contributed by atoms with Gasteiger partial charge in [0.15, 0.2) is 11.5 Å². The zero-order valence-electron chi connectivity index (χ0n) is 17.3. The van der Waals surface area contributed by atoms with Crippen molar-refractivity contribution in [3.63, 3.8) is 0 Å². The van der Waals surface area contributed by atoms with Crippen LogP contribution in [0.4, 0.5) is 5.69 Å². The number of likely N-dealkylation sites (N-methyl/N-ethyl adjacent to an activating group) is 1. The highest BCUT2D eigenvalue weighted by Crippen LogP contribution is 2.50. The van der Waals surface area contributed by atoms with Crippen LogP contribution < -0.4 is 14.8 Å². The topological polar surface area (TPSA) is 50.8 Å². The molecule has 0 saturated heterocycles. The average Bonchev–Trinajstić information content (AvgIpc) is 3.52. The van der Waals surface area contributed by atoms with Crippen molar-refractivity contribution in [1.82, 2.24) is 4.90 Å². The van der Waals surface area contributed by atoms with Gasteiger partial charge in [0.1, 0.15) is 6.61 Å². The Morgan fingerprint density at radius 1 is 1.17 bits per heavy atom. The van der Waals surface area contributed by atoms with E-state index in [0.717, 1.165) is 36.6 Å². The summed E-state index contributed by atoms with van der Waals surface area (Å²) in [6.07, 6.45) is 0.818. The van der Waals surface area contributed by atoms with E-state index in [-0.39, 0.29) is 17.7 Å². The lowest BCUT2D eigenvalue weighted by Gasteiger charge is -2.19. The van der Waals surface area contributed by atoms with E-state index in [1.54, 1.807) is 7.11 Å². The quantitative estimate of drug-likeness (QED) is 0.603. The van der Waals surface area contributed by atoms with Gasteiger partial charge in [0.05, 0.1) is 7.11 Å². The van der Waals surface area contributed by atoms with E-state index in [1.165, 1.54) is 0 Å². The van der Waals surface area contributed by atoms with Gasteiger partial charge in [-0.15, -0.1) is 0 Å². The van der Waals surface area contributed by atoms with E-state index >= 15 is 0 Å². The van der Waals surface area contributed by atoms with E-state index in [2.05, 4.69) is 24.1 Å². The Morgan fingerprint density at radius 3 is 2.62 bits per heavy atom. The van der Waals surface area contributed by atoms with Gasteiger partial charge in [-0.2, -0.15) is 0 Å². The molecular formula is C23H29ClN2O3. The molecular weight excluding hydrogens is 388 g/mol. The molecule has 1 amide bonds. The van der Waals surface area contributed by atoms with Crippen LogP contribution >= 0.6 is 11.6 Å². The Kier molecular flexibility index (Phi) is 7.40. The minimum atomic E-state index is -0.0518. The largest absolute Gasteiger partial charge is 0.493 e. The van der Waals surface area contributed by atoms with Crippen LogP contribution in [0.1, 0.15) is 31.7 Å². The predicted octanol–water partition coefficient (Wildman–Crippen LogP) is 4.81. The molecule has 29 heavy (non-hydrogen) atoms. The smallest absolute Gasteiger partial charge is 0.228 e. The Bertz CT molecular complexity index is 839. The first-order valence-corrected chi connectivity index (χ1v) is 10.5. The maximum Gasteiger partial charge on any atom is 0.228 e. The number of carbonyl (C=O) groups is 1. The summed E-state index contributed by atoms with van der Waals surface area (Å²) < 4.78 is 11.3. The molecule has 2 unspecified atom stereocenters. The van der Waals surface area contributed by atoms with Crippen molar-refractivity contribution < 1.29 is 14.3 Å². The molecule has 0 spiro atoms. The van der Waals surface area contributed by atoms with Crippen LogP contribution in [0, 0.1) is 5.92 Å². The van der Waals surface area contributed by atoms with Crippen LogP contribution in [-0.2, 0) is 4.79 Å². The van der Waals surface area contributed by atoms with Gasteiger partial charge in [-0.25, -0.2) is 0 Å². The lowest BCUT2D eigenvalue weighted by Crippen LogP contribution is -2.28. The van der Waals surface area contributed by atoms with Crippen molar-refractivity contribution in [2.75, 3.05) is 38.7 Å². The van der Waals surface area contributed by atoms with Gasteiger partial charge >= 0.3 is 0 Å². The van der Waals surface area contributed by atoms with E-state index in [1.807, 2.05) is 42.5 Å². The van der Waals surface area contributed by atoms with Crippen molar-refractivity contribution in [2.45, 2.75) is 26.2 Å². The highest BCUT2D eigenvalue weighted by Gasteiger charge is 2.44. The third kappa shape index (κ3) is 5.43. The molecule has 0 heterocycles. The van der Waals surface area contributed by atoms with Gasteiger partial charge in [0.25, 0.3) is 0 Å². The first-order chi connectivity index (χ1) is 14.1. The fourth-order valence-corrected chi connectivity index (χ4v) is 3.81. The molecule has 1 aliphatic rings. The van der Waals surface area contributed by atoms with Crippen molar-refractivity contribution >= 4 is 23.2 Å². The molecule has 2 atom stereocenters. The first-order valence-electron chi connectivity index (χ1n) is 10.2. The summed E-state index contributed by atoms with van der Waals surface area (Å²) in [6, 6.07) is 13.2. The number of methoxy groups -OCH3 is 1. The number of hydrogen-bond donors (Lipinski definition) is 1. The van der Waals surface area contributed by atoms with E-state index < -0.39 is 0 Å². The van der Waals surface area contributed by atoms with Crippen LogP contribution in [0.3, 0.4) is 0 Å². The van der Waals surface area contributed by atoms with Crippen molar-refractivity contribution in [1.29, 1.82) is 0 Å². The van der Waals surface area contributed by atoms with Gasteiger partial charge in [-0.05, 0) is 49.2 Å². The second-order valence-electron chi connectivity index (χ2n) is 7.20. The molecule has 3 rings (SSSR count). The lowest BCUT2D eigenvalue weighted by atomic mass is 10.1. The second kappa shape index (κ2) is 9.99. The lowest BCUT2D eigenvalue weighted by molar-refractivity contribution is -0.117.